The fraction of sp³-hybridized carbons (Fsp3) is 0.300. The molecule has 1 aliphatic rings. The van der Waals surface area contributed by atoms with Crippen molar-refractivity contribution in [3.63, 3.8) is 0 Å². The summed E-state index contributed by atoms with van der Waals surface area (Å²) in [5.41, 5.74) is 0.320. The molecule has 29 heavy (non-hydrogen) atoms. The number of phenols is 1. The minimum absolute atomic E-state index is 0.0110. The Kier molecular flexibility index (Phi) is 6.28. The number of nitrogens with one attached hydrogen (secondary N) is 1. The van der Waals surface area contributed by atoms with E-state index in [0.717, 1.165) is 0 Å². The average Bonchev–Trinajstić information content (AvgIpc) is 2.74. The number of nitro benzene ring substituents is 1. The maximum atomic E-state index is 12.4. The molecule has 2 aromatic rings. The first-order valence-electron chi connectivity index (χ1n) is 9.18. The van der Waals surface area contributed by atoms with Crippen molar-refractivity contribution in [2.45, 2.75) is 12.8 Å². The predicted octanol–water partition coefficient (Wildman–Crippen LogP) is 2.56. The van der Waals surface area contributed by atoms with Crippen LogP contribution in [-0.4, -0.2) is 46.4 Å². The molecule has 0 bridgehead atoms. The number of para-hydroxylation sites is 2. The molecule has 152 valence electrons. The van der Waals surface area contributed by atoms with Crippen molar-refractivity contribution in [3.8, 4) is 11.5 Å². The Morgan fingerprint density at radius 3 is 2.41 bits per heavy atom. The lowest BCUT2D eigenvalue weighted by atomic mass is 9.95. The van der Waals surface area contributed by atoms with Crippen molar-refractivity contribution in [3.05, 3.63) is 58.6 Å². The second-order valence-electron chi connectivity index (χ2n) is 6.70. The molecule has 3 rings (SSSR count). The molecule has 0 spiro atoms. The van der Waals surface area contributed by atoms with E-state index in [4.69, 9.17) is 4.74 Å². The Balaban J connectivity index is 1.45. The summed E-state index contributed by atoms with van der Waals surface area (Å²) in [7, 11) is 0. The molecule has 0 aliphatic carbocycles. The minimum Gasteiger partial charge on any atom is -0.506 e. The van der Waals surface area contributed by atoms with Crippen LogP contribution in [0.4, 0.5) is 11.4 Å². The quantitative estimate of drug-likeness (QED) is 0.437. The van der Waals surface area contributed by atoms with Gasteiger partial charge in [-0.2, -0.15) is 0 Å². The Morgan fingerprint density at radius 2 is 1.79 bits per heavy atom. The van der Waals surface area contributed by atoms with Crippen molar-refractivity contribution < 1.29 is 24.4 Å². The number of nitro groups is 1. The van der Waals surface area contributed by atoms with Gasteiger partial charge in [-0.1, -0.05) is 12.1 Å². The lowest BCUT2D eigenvalue weighted by molar-refractivity contribution is -0.384. The molecule has 0 saturated carbocycles. The summed E-state index contributed by atoms with van der Waals surface area (Å²) in [5, 5.41) is 23.1. The highest BCUT2D eigenvalue weighted by Crippen LogP contribution is 2.25. The molecule has 0 radical (unpaired) electrons. The minimum atomic E-state index is -0.506. The van der Waals surface area contributed by atoms with Crippen LogP contribution >= 0.6 is 0 Å². The van der Waals surface area contributed by atoms with Crippen molar-refractivity contribution in [2.75, 3.05) is 25.0 Å². The van der Waals surface area contributed by atoms with Gasteiger partial charge in [-0.25, -0.2) is 0 Å². The molecule has 2 amide bonds. The number of nitrogens with zero attached hydrogens (tertiary/aromatic N) is 2. The molecule has 9 nitrogen and oxygen atoms in total. The third-order valence-corrected chi connectivity index (χ3v) is 4.79. The molecule has 1 heterocycles. The number of aromatic hydroxyl groups is 1. The van der Waals surface area contributed by atoms with E-state index in [-0.39, 0.29) is 35.8 Å². The Hall–Kier alpha value is -3.62. The first-order chi connectivity index (χ1) is 13.9. The lowest BCUT2D eigenvalue weighted by Crippen LogP contribution is -2.43. The van der Waals surface area contributed by atoms with Crippen LogP contribution in [0.1, 0.15) is 12.8 Å². The van der Waals surface area contributed by atoms with Crippen LogP contribution < -0.4 is 10.1 Å². The number of phenolic OH excluding ortho intramolecular Hbond substituents is 1. The van der Waals surface area contributed by atoms with Gasteiger partial charge in [0.1, 0.15) is 11.5 Å². The molecule has 0 unspecified atom stereocenters. The fourth-order valence-corrected chi connectivity index (χ4v) is 3.11. The summed E-state index contributed by atoms with van der Waals surface area (Å²) in [6.45, 7) is 0.690. The van der Waals surface area contributed by atoms with Gasteiger partial charge in [0.15, 0.2) is 6.61 Å². The number of anilines is 1. The fourth-order valence-electron chi connectivity index (χ4n) is 3.11. The molecular weight excluding hydrogens is 378 g/mol. The van der Waals surface area contributed by atoms with Gasteiger partial charge >= 0.3 is 0 Å². The number of benzene rings is 2. The smallest absolute Gasteiger partial charge is 0.269 e. The number of non-ortho nitro benzene ring substituents is 1. The number of rotatable bonds is 6. The maximum Gasteiger partial charge on any atom is 0.269 e. The van der Waals surface area contributed by atoms with E-state index < -0.39 is 4.92 Å². The van der Waals surface area contributed by atoms with Gasteiger partial charge in [0, 0.05) is 31.1 Å². The number of amides is 2. The predicted molar refractivity (Wildman–Crippen MR) is 105 cm³/mol. The van der Waals surface area contributed by atoms with E-state index >= 15 is 0 Å². The molecule has 0 atom stereocenters. The molecule has 1 aliphatic heterocycles. The van der Waals surface area contributed by atoms with Gasteiger partial charge in [-0.3, -0.25) is 19.7 Å². The van der Waals surface area contributed by atoms with Gasteiger partial charge in [0.05, 0.1) is 10.6 Å². The zero-order valence-electron chi connectivity index (χ0n) is 15.6. The number of hydrogen-bond acceptors (Lipinski definition) is 6. The van der Waals surface area contributed by atoms with E-state index in [9.17, 15) is 24.8 Å². The highest BCUT2D eigenvalue weighted by atomic mass is 16.6. The lowest BCUT2D eigenvalue weighted by Gasteiger charge is -2.31. The van der Waals surface area contributed by atoms with E-state index in [1.165, 1.54) is 30.3 Å². The van der Waals surface area contributed by atoms with E-state index in [0.29, 0.717) is 37.4 Å². The summed E-state index contributed by atoms with van der Waals surface area (Å²) in [4.78, 5) is 36.5. The van der Waals surface area contributed by atoms with Crippen molar-refractivity contribution >= 4 is 23.2 Å². The van der Waals surface area contributed by atoms with Gasteiger partial charge in [0.25, 0.3) is 11.6 Å². The summed E-state index contributed by atoms with van der Waals surface area (Å²) in [6, 6.07) is 12.0. The normalized spacial score (nSPS) is 14.3. The molecule has 2 N–H and O–H groups in total. The number of likely N-dealkylation sites (tertiary alicyclic amines) is 1. The van der Waals surface area contributed by atoms with E-state index in [1.807, 2.05) is 0 Å². The van der Waals surface area contributed by atoms with Crippen LogP contribution in [0.15, 0.2) is 48.5 Å². The molecule has 2 aromatic carbocycles. The van der Waals surface area contributed by atoms with Gasteiger partial charge in [-0.15, -0.1) is 0 Å². The Morgan fingerprint density at radius 1 is 1.14 bits per heavy atom. The summed E-state index contributed by atoms with van der Waals surface area (Å²) < 4.78 is 5.40. The first-order valence-corrected chi connectivity index (χ1v) is 9.18. The molecule has 1 saturated heterocycles. The van der Waals surface area contributed by atoms with Crippen molar-refractivity contribution in [2.24, 2.45) is 5.92 Å². The van der Waals surface area contributed by atoms with Gasteiger partial charge in [-0.05, 0) is 37.1 Å². The second-order valence-corrected chi connectivity index (χ2v) is 6.70. The molecule has 0 aromatic heterocycles. The van der Waals surface area contributed by atoms with Crippen LogP contribution in [0.2, 0.25) is 0 Å². The third-order valence-electron chi connectivity index (χ3n) is 4.79. The second kappa shape index (κ2) is 9.05. The number of carbonyl (C=O) groups is 2. The highest BCUT2D eigenvalue weighted by molar-refractivity contribution is 5.94. The maximum absolute atomic E-state index is 12.4. The third kappa shape index (κ3) is 5.22. The summed E-state index contributed by atoms with van der Waals surface area (Å²) in [6.07, 6.45) is 1.03. The van der Waals surface area contributed by atoms with Crippen LogP contribution in [0.5, 0.6) is 11.5 Å². The zero-order valence-corrected chi connectivity index (χ0v) is 15.6. The molecule has 1 fully saturated rings. The largest absolute Gasteiger partial charge is 0.506 e. The summed E-state index contributed by atoms with van der Waals surface area (Å²) in [5.74, 6) is -0.240. The number of hydrogen-bond donors (Lipinski definition) is 2. The van der Waals surface area contributed by atoms with Crippen molar-refractivity contribution in [1.29, 1.82) is 0 Å². The Bertz CT molecular complexity index is 891. The average molecular weight is 399 g/mol. The zero-order chi connectivity index (χ0) is 20.8. The summed E-state index contributed by atoms with van der Waals surface area (Å²) >= 11 is 0. The topological polar surface area (TPSA) is 122 Å². The number of carbonyl (C=O) groups excluding carboxylic acids is 2. The molecular formula is C20H21N3O6. The highest BCUT2D eigenvalue weighted by Gasteiger charge is 2.27. The van der Waals surface area contributed by atoms with E-state index in [2.05, 4.69) is 5.32 Å². The first kappa shape index (κ1) is 20.1. The number of ether oxygens (including phenoxy) is 1. The van der Waals surface area contributed by atoms with Crippen LogP contribution in [0.25, 0.3) is 0 Å². The van der Waals surface area contributed by atoms with Crippen molar-refractivity contribution in [1.82, 2.24) is 4.90 Å². The van der Waals surface area contributed by atoms with Gasteiger partial charge in [0.2, 0.25) is 5.91 Å². The Labute approximate surface area is 167 Å². The van der Waals surface area contributed by atoms with Gasteiger partial charge < -0.3 is 20.1 Å². The standard InChI is InChI=1S/C20H21N3O6/c24-18-4-2-1-3-17(18)21-20(26)14-9-11-22(12-10-14)19(25)13-29-16-7-5-15(6-8-16)23(27)28/h1-8,14,24H,9-13H2,(H,21,26). The molecule has 9 heteroatoms. The number of piperidine rings is 1. The monoisotopic (exact) mass is 399 g/mol. The van der Waals surface area contributed by atoms with Crippen LogP contribution in [0.3, 0.4) is 0 Å². The van der Waals surface area contributed by atoms with Crippen LogP contribution in [0, 0.1) is 16.0 Å². The SMILES string of the molecule is O=C(Nc1ccccc1O)C1CCN(C(=O)COc2ccc([N+](=O)[O-])cc2)CC1. The van der Waals surface area contributed by atoms with Crippen LogP contribution in [-0.2, 0) is 9.59 Å². The van der Waals surface area contributed by atoms with E-state index in [1.54, 1.807) is 23.1 Å².